The van der Waals surface area contributed by atoms with Crippen molar-refractivity contribution in [2.45, 2.75) is 26.3 Å². The molecule has 0 aliphatic rings. The summed E-state index contributed by atoms with van der Waals surface area (Å²) in [6.07, 6.45) is 0.615. The summed E-state index contributed by atoms with van der Waals surface area (Å²) in [5.74, 6) is -0.265. The zero-order valence-electron chi connectivity index (χ0n) is 11.6. The Labute approximate surface area is 117 Å². The van der Waals surface area contributed by atoms with Gasteiger partial charge in [0.15, 0.2) is 0 Å². The van der Waals surface area contributed by atoms with Crippen LogP contribution in [0.25, 0.3) is 10.4 Å². The van der Waals surface area contributed by atoms with Crippen molar-refractivity contribution >= 4 is 5.91 Å². The van der Waals surface area contributed by atoms with Crippen molar-refractivity contribution in [1.82, 2.24) is 5.32 Å². The predicted octanol–water partition coefficient (Wildman–Crippen LogP) is 1.83. The van der Waals surface area contributed by atoms with Gasteiger partial charge in [-0.15, -0.1) is 0 Å². The largest absolute Gasteiger partial charge is 0.507 e. The van der Waals surface area contributed by atoms with Gasteiger partial charge < -0.3 is 16.2 Å². The minimum atomic E-state index is -0.626. The first-order chi connectivity index (χ1) is 9.47. The molecule has 0 saturated heterocycles. The zero-order valence-corrected chi connectivity index (χ0v) is 11.6. The Bertz CT molecular complexity index is 515. The van der Waals surface area contributed by atoms with Gasteiger partial charge in [0, 0.05) is 11.5 Å². The van der Waals surface area contributed by atoms with E-state index in [0.717, 1.165) is 0 Å². The van der Waals surface area contributed by atoms with E-state index in [0.29, 0.717) is 36.2 Å². The maximum absolute atomic E-state index is 11.5. The average molecular weight is 277 g/mol. The quantitative estimate of drug-likeness (QED) is 0.304. The fourth-order valence-corrected chi connectivity index (χ4v) is 1.98. The van der Waals surface area contributed by atoms with Crippen LogP contribution in [0.4, 0.5) is 0 Å². The number of nitrogens with one attached hydrogen (secondary N) is 1. The first-order valence-corrected chi connectivity index (χ1v) is 6.31. The second-order valence-corrected chi connectivity index (χ2v) is 4.60. The highest BCUT2D eigenvalue weighted by Crippen LogP contribution is 2.26. The molecular weight excluding hydrogens is 258 g/mol. The summed E-state index contributed by atoms with van der Waals surface area (Å²) in [6.45, 7) is 4.41. The van der Waals surface area contributed by atoms with Crippen LogP contribution in [0.3, 0.4) is 0 Å². The minimum absolute atomic E-state index is 0.223. The fourth-order valence-electron chi connectivity index (χ4n) is 1.98. The van der Waals surface area contributed by atoms with Gasteiger partial charge in [0.2, 0.25) is 5.91 Å². The molecule has 0 aliphatic carbocycles. The number of azide groups is 1. The number of hydrogen-bond donors (Lipinski definition) is 3. The van der Waals surface area contributed by atoms with Crippen molar-refractivity contribution in [2.75, 3.05) is 13.1 Å². The van der Waals surface area contributed by atoms with Gasteiger partial charge in [-0.3, -0.25) is 4.79 Å². The summed E-state index contributed by atoms with van der Waals surface area (Å²) in [4.78, 5) is 14.2. The Morgan fingerprint density at radius 2 is 2.10 bits per heavy atom. The van der Waals surface area contributed by atoms with E-state index < -0.39 is 11.9 Å². The molecule has 1 atom stereocenters. The molecule has 108 valence electrons. The molecule has 0 fully saturated rings. The molecule has 0 aromatic heterocycles. The molecule has 4 N–H and O–H groups in total. The molecular formula is C13H19N5O2. The summed E-state index contributed by atoms with van der Waals surface area (Å²) in [5.41, 5.74) is 15.7. The number of carbonyl (C=O) groups excluding carboxylic acids is 1. The molecule has 0 radical (unpaired) electrons. The van der Waals surface area contributed by atoms with Crippen LogP contribution in [0.2, 0.25) is 0 Å². The highest BCUT2D eigenvalue weighted by Gasteiger charge is 2.18. The highest BCUT2D eigenvalue weighted by atomic mass is 16.3. The molecule has 7 nitrogen and oxygen atoms in total. The van der Waals surface area contributed by atoms with Gasteiger partial charge in [0.1, 0.15) is 11.8 Å². The topological polar surface area (TPSA) is 124 Å². The van der Waals surface area contributed by atoms with Crippen LogP contribution in [0.5, 0.6) is 5.75 Å². The standard InChI is InChI=1S/C13H19N5O2/c1-8-6-10(7-9(2)12(8)19)11(13(14)20)16-4-3-5-17-18-15/h6-7,11,16,19H,3-5H2,1-2H3,(H2,14,20). The molecule has 0 heterocycles. The summed E-state index contributed by atoms with van der Waals surface area (Å²) in [5, 5.41) is 16.2. The van der Waals surface area contributed by atoms with Gasteiger partial charge in [-0.05, 0) is 49.0 Å². The highest BCUT2D eigenvalue weighted by molar-refractivity contribution is 5.81. The van der Waals surface area contributed by atoms with E-state index in [9.17, 15) is 9.90 Å². The molecule has 0 bridgehead atoms. The number of aryl methyl sites for hydroxylation is 2. The third-order valence-electron chi connectivity index (χ3n) is 2.98. The monoisotopic (exact) mass is 277 g/mol. The maximum Gasteiger partial charge on any atom is 0.239 e. The number of aromatic hydroxyl groups is 1. The summed E-state index contributed by atoms with van der Waals surface area (Å²) in [6, 6.07) is 2.84. The second-order valence-electron chi connectivity index (χ2n) is 4.60. The third-order valence-corrected chi connectivity index (χ3v) is 2.98. The van der Waals surface area contributed by atoms with Crippen LogP contribution in [0.15, 0.2) is 17.2 Å². The number of benzene rings is 1. The van der Waals surface area contributed by atoms with Crippen LogP contribution >= 0.6 is 0 Å². The van der Waals surface area contributed by atoms with Crippen LogP contribution in [0, 0.1) is 13.8 Å². The molecule has 0 spiro atoms. The average Bonchev–Trinajstić information content (AvgIpc) is 2.39. The number of carbonyl (C=O) groups is 1. The van der Waals surface area contributed by atoms with E-state index in [1.54, 1.807) is 26.0 Å². The lowest BCUT2D eigenvalue weighted by atomic mass is 9.99. The fraction of sp³-hybridized carbons (Fsp3) is 0.462. The second kappa shape index (κ2) is 7.37. The van der Waals surface area contributed by atoms with Crippen LogP contribution in [0.1, 0.15) is 29.2 Å². The van der Waals surface area contributed by atoms with E-state index in [1.807, 2.05) is 0 Å². The number of nitrogens with two attached hydrogens (primary N) is 1. The molecule has 0 saturated carbocycles. The lowest BCUT2D eigenvalue weighted by Gasteiger charge is -2.17. The van der Waals surface area contributed by atoms with E-state index in [2.05, 4.69) is 15.3 Å². The van der Waals surface area contributed by atoms with Gasteiger partial charge in [-0.2, -0.15) is 0 Å². The van der Waals surface area contributed by atoms with Gasteiger partial charge >= 0.3 is 0 Å². The third kappa shape index (κ3) is 4.15. The van der Waals surface area contributed by atoms with Crippen molar-refractivity contribution in [3.05, 3.63) is 39.3 Å². The van der Waals surface area contributed by atoms with Crippen molar-refractivity contribution in [3.63, 3.8) is 0 Å². The van der Waals surface area contributed by atoms with Crippen molar-refractivity contribution < 1.29 is 9.90 Å². The molecule has 7 heteroatoms. The minimum Gasteiger partial charge on any atom is -0.507 e. The smallest absolute Gasteiger partial charge is 0.239 e. The van der Waals surface area contributed by atoms with E-state index >= 15 is 0 Å². The Hall–Kier alpha value is -2.24. The number of rotatable bonds is 7. The zero-order chi connectivity index (χ0) is 15.1. The van der Waals surface area contributed by atoms with Gasteiger partial charge in [-0.25, -0.2) is 0 Å². The first-order valence-electron chi connectivity index (χ1n) is 6.31. The van der Waals surface area contributed by atoms with Crippen molar-refractivity contribution in [2.24, 2.45) is 10.8 Å². The number of nitrogens with zero attached hydrogens (tertiary/aromatic N) is 3. The number of phenols is 1. The SMILES string of the molecule is Cc1cc(C(NCCCN=[N+]=[N-])C(N)=O)cc(C)c1O. The number of primary amides is 1. The molecule has 1 aromatic rings. The van der Waals surface area contributed by atoms with E-state index in [1.165, 1.54) is 0 Å². The van der Waals surface area contributed by atoms with Crippen LogP contribution in [-0.4, -0.2) is 24.1 Å². The van der Waals surface area contributed by atoms with E-state index in [-0.39, 0.29) is 5.75 Å². The van der Waals surface area contributed by atoms with Gasteiger partial charge in [0.25, 0.3) is 0 Å². The van der Waals surface area contributed by atoms with Gasteiger partial charge in [0.05, 0.1) is 0 Å². The molecule has 1 amide bonds. The molecule has 1 aromatic carbocycles. The maximum atomic E-state index is 11.5. The first kappa shape index (κ1) is 15.8. The Morgan fingerprint density at radius 1 is 1.50 bits per heavy atom. The Morgan fingerprint density at radius 3 is 2.60 bits per heavy atom. The Kier molecular flexibility index (Phi) is 5.83. The summed E-state index contributed by atoms with van der Waals surface area (Å²) >= 11 is 0. The molecule has 1 rings (SSSR count). The van der Waals surface area contributed by atoms with E-state index in [4.69, 9.17) is 11.3 Å². The van der Waals surface area contributed by atoms with Crippen molar-refractivity contribution in [1.29, 1.82) is 0 Å². The Balaban J connectivity index is 2.81. The molecule has 20 heavy (non-hydrogen) atoms. The van der Waals surface area contributed by atoms with Crippen LogP contribution in [-0.2, 0) is 4.79 Å². The lowest BCUT2D eigenvalue weighted by Crippen LogP contribution is -2.34. The summed E-state index contributed by atoms with van der Waals surface area (Å²) in [7, 11) is 0. The number of amides is 1. The molecule has 0 aliphatic heterocycles. The van der Waals surface area contributed by atoms with Crippen molar-refractivity contribution in [3.8, 4) is 5.75 Å². The molecule has 1 unspecified atom stereocenters. The normalized spacial score (nSPS) is 11.7. The predicted molar refractivity (Wildman–Crippen MR) is 76.1 cm³/mol. The lowest BCUT2D eigenvalue weighted by molar-refractivity contribution is -0.120. The number of phenolic OH excluding ortho intramolecular Hbond substituents is 1. The summed E-state index contributed by atoms with van der Waals surface area (Å²) < 4.78 is 0. The number of hydrogen-bond acceptors (Lipinski definition) is 4. The van der Waals surface area contributed by atoms with Crippen LogP contribution < -0.4 is 11.1 Å². The van der Waals surface area contributed by atoms with Gasteiger partial charge in [-0.1, -0.05) is 17.2 Å².